The van der Waals surface area contributed by atoms with Gasteiger partial charge >= 0.3 is 0 Å². The average molecular weight is 387 g/mol. The molecule has 3 rings (SSSR count). The van der Waals surface area contributed by atoms with Crippen molar-refractivity contribution in [3.63, 3.8) is 0 Å². The lowest BCUT2D eigenvalue weighted by atomic mass is 10.1. The summed E-state index contributed by atoms with van der Waals surface area (Å²) in [6.45, 7) is 6.06. The van der Waals surface area contributed by atoms with Gasteiger partial charge in [-0.2, -0.15) is 0 Å². The van der Waals surface area contributed by atoms with Gasteiger partial charge in [-0.05, 0) is 74.4 Å². The van der Waals surface area contributed by atoms with Crippen LogP contribution in [0.15, 0.2) is 66.7 Å². The molecule has 5 nitrogen and oxygen atoms in total. The van der Waals surface area contributed by atoms with Gasteiger partial charge in [0.2, 0.25) is 5.91 Å². The Morgan fingerprint density at radius 2 is 1.45 bits per heavy atom. The molecule has 0 bridgehead atoms. The molecule has 148 valence electrons. The molecule has 0 aromatic heterocycles. The van der Waals surface area contributed by atoms with Crippen LogP contribution in [0, 0.1) is 20.8 Å². The number of anilines is 3. The lowest BCUT2D eigenvalue weighted by Gasteiger charge is -2.11. The molecule has 0 heterocycles. The van der Waals surface area contributed by atoms with Crippen LogP contribution in [0.25, 0.3) is 0 Å². The summed E-state index contributed by atoms with van der Waals surface area (Å²) in [6, 6.07) is 20.7. The van der Waals surface area contributed by atoms with Gasteiger partial charge in [-0.25, -0.2) is 0 Å². The fourth-order valence-corrected chi connectivity index (χ4v) is 2.91. The number of benzene rings is 3. The number of aryl methyl sites for hydroxylation is 3. The van der Waals surface area contributed by atoms with E-state index in [1.807, 2.05) is 69.3 Å². The molecule has 0 radical (unpaired) electrons. The smallest absolute Gasteiger partial charge is 0.255 e. The predicted octanol–water partition coefficient (Wildman–Crippen LogP) is 4.91. The normalized spacial score (nSPS) is 10.3. The van der Waals surface area contributed by atoms with Crippen molar-refractivity contribution in [1.29, 1.82) is 0 Å². The van der Waals surface area contributed by atoms with Crippen molar-refractivity contribution in [2.24, 2.45) is 0 Å². The van der Waals surface area contributed by atoms with Crippen LogP contribution in [-0.4, -0.2) is 18.4 Å². The van der Waals surface area contributed by atoms with E-state index in [-0.39, 0.29) is 18.4 Å². The molecule has 0 unspecified atom stereocenters. The van der Waals surface area contributed by atoms with E-state index in [1.165, 1.54) is 0 Å². The van der Waals surface area contributed by atoms with Crippen LogP contribution in [0.2, 0.25) is 0 Å². The van der Waals surface area contributed by atoms with E-state index < -0.39 is 0 Å². The summed E-state index contributed by atoms with van der Waals surface area (Å²) in [6.07, 6.45) is 0. The van der Waals surface area contributed by atoms with Gasteiger partial charge < -0.3 is 16.0 Å². The highest BCUT2D eigenvalue weighted by atomic mass is 16.2. The Hall–Kier alpha value is -3.60. The molecular formula is C24H25N3O2. The van der Waals surface area contributed by atoms with Crippen molar-refractivity contribution in [3.8, 4) is 0 Å². The lowest BCUT2D eigenvalue weighted by molar-refractivity contribution is -0.114. The van der Waals surface area contributed by atoms with Crippen LogP contribution in [0.1, 0.15) is 27.0 Å². The molecule has 0 fully saturated rings. The second-order valence-corrected chi connectivity index (χ2v) is 7.12. The third-order valence-electron chi connectivity index (χ3n) is 4.54. The summed E-state index contributed by atoms with van der Waals surface area (Å²) in [5, 5.41) is 8.89. The molecule has 3 aromatic rings. The second kappa shape index (κ2) is 9.06. The predicted molar refractivity (Wildman–Crippen MR) is 119 cm³/mol. The van der Waals surface area contributed by atoms with E-state index >= 15 is 0 Å². The highest BCUT2D eigenvalue weighted by molar-refractivity contribution is 6.04. The average Bonchev–Trinajstić information content (AvgIpc) is 2.70. The molecule has 0 aliphatic carbocycles. The molecular weight excluding hydrogens is 362 g/mol. The van der Waals surface area contributed by atoms with Gasteiger partial charge in [0.1, 0.15) is 0 Å². The van der Waals surface area contributed by atoms with Crippen LogP contribution in [0.3, 0.4) is 0 Å². The largest absolute Gasteiger partial charge is 0.376 e. The molecule has 5 heteroatoms. The molecule has 3 aromatic carbocycles. The molecule has 2 amide bonds. The number of hydrogen-bond donors (Lipinski definition) is 3. The van der Waals surface area contributed by atoms with Crippen molar-refractivity contribution in [3.05, 3.63) is 89.0 Å². The topological polar surface area (TPSA) is 70.2 Å². The van der Waals surface area contributed by atoms with Crippen molar-refractivity contribution in [2.75, 3.05) is 22.5 Å². The number of carbonyl (C=O) groups is 2. The van der Waals surface area contributed by atoms with Crippen molar-refractivity contribution in [2.45, 2.75) is 20.8 Å². The van der Waals surface area contributed by atoms with Crippen LogP contribution in [0.4, 0.5) is 17.1 Å². The second-order valence-electron chi connectivity index (χ2n) is 7.12. The van der Waals surface area contributed by atoms with Crippen molar-refractivity contribution in [1.82, 2.24) is 0 Å². The first-order valence-electron chi connectivity index (χ1n) is 9.50. The Bertz CT molecular complexity index is 1030. The number of hydrogen-bond acceptors (Lipinski definition) is 3. The maximum absolute atomic E-state index is 12.3. The zero-order valence-electron chi connectivity index (χ0n) is 16.9. The molecule has 0 saturated heterocycles. The van der Waals surface area contributed by atoms with E-state index in [4.69, 9.17) is 0 Å². The highest BCUT2D eigenvalue weighted by Gasteiger charge is 2.07. The van der Waals surface area contributed by atoms with Gasteiger partial charge in [-0.1, -0.05) is 29.8 Å². The zero-order valence-corrected chi connectivity index (χ0v) is 16.9. The maximum atomic E-state index is 12.3. The minimum atomic E-state index is -0.151. The van der Waals surface area contributed by atoms with E-state index in [0.29, 0.717) is 11.3 Å². The Labute approximate surface area is 171 Å². The van der Waals surface area contributed by atoms with Crippen LogP contribution in [-0.2, 0) is 4.79 Å². The summed E-state index contributed by atoms with van der Waals surface area (Å²) < 4.78 is 0. The van der Waals surface area contributed by atoms with Crippen LogP contribution < -0.4 is 16.0 Å². The monoisotopic (exact) mass is 387 g/mol. The van der Waals surface area contributed by atoms with Gasteiger partial charge in [0.15, 0.2) is 0 Å². The van der Waals surface area contributed by atoms with E-state index in [2.05, 4.69) is 16.0 Å². The van der Waals surface area contributed by atoms with Crippen LogP contribution in [0.5, 0.6) is 0 Å². The van der Waals surface area contributed by atoms with Crippen molar-refractivity contribution >= 4 is 28.9 Å². The Balaban J connectivity index is 1.53. The van der Waals surface area contributed by atoms with Gasteiger partial charge in [0.25, 0.3) is 5.91 Å². The quantitative estimate of drug-likeness (QED) is 0.562. The number of amides is 2. The van der Waals surface area contributed by atoms with Gasteiger partial charge in [0.05, 0.1) is 6.54 Å². The van der Waals surface area contributed by atoms with Gasteiger partial charge in [0, 0.05) is 22.6 Å². The van der Waals surface area contributed by atoms with Gasteiger partial charge in [-0.3, -0.25) is 9.59 Å². The standard InChI is InChI=1S/C24H25N3O2/c1-16-5-4-6-19(13-16)24(29)26-21-11-9-20(10-12-21)25-15-23(28)27-22-14-17(2)7-8-18(22)3/h4-14,25H,15H2,1-3H3,(H,26,29)(H,27,28). The third-order valence-corrected chi connectivity index (χ3v) is 4.54. The summed E-state index contributed by atoms with van der Waals surface area (Å²) in [7, 11) is 0. The molecule has 0 atom stereocenters. The Morgan fingerprint density at radius 3 is 2.17 bits per heavy atom. The minimum Gasteiger partial charge on any atom is -0.376 e. The zero-order chi connectivity index (χ0) is 20.8. The summed E-state index contributed by atoms with van der Waals surface area (Å²) >= 11 is 0. The Kier molecular flexibility index (Phi) is 6.29. The molecule has 0 spiro atoms. The first kappa shape index (κ1) is 20.1. The van der Waals surface area contributed by atoms with Crippen LogP contribution >= 0.6 is 0 Å². The minimum absolute atomic E-state index is 0.115. The fraction of sp³-hybridized carbons (Fsp3) is 0.167. The SMILES string of the molecule is Cc1cccc(C(=O)Nc2ccc(NCC(=O)Nc3cc(C)ccc3C)cc2)c1. The van der Waals surface area contributed by atoms with E-state index in [0.717, 1.165) is 28.1 Å². The third kappa shape index (κ3) is 5.69. The van der Waals surface area contributed by atoms with E-state index in [9.17, 15) is 9.59 Å². The highest BCUT2D eigenvalue weighted by Crippen LogP contribution is 2.17. The van der Waals surface area contributed by atoms with Crippen molar-refractivity contribution < 1.29 is 9.59 Å². The molecule has 0 saturated carbocycles. The fourth-order valence-electron chi connectivity index (χ4n) is 2.91. The number of carbonyl (C=O) groups excluding carboxylic acids is 2. The molecule has 3 N–H and O–H groups in total. The Morgan fingerprint density at radius 1 is 0.759 bits per heavy atom. The first-order valence-corrected chi connectivity index (χ1v) is 9.50. The lowest BCUT2D eigenvalue weighted by Crippen LogP contribution is -2.22. The number of nitrogens with one attached hydrogen (secondary N) is 3. The van der Waals surface area contributed by atoms with Gasteiger partial charge in [-0.15, -0.1) is 0 Å². The first-order chi connectivity index (χ1) is 13.9. The maximum Gasteiger partial charge on any atom is 0.255 e. The summed E-state index contributed by atoms with van der Waals surface area (Å²) in [4.78, 5) is 24.5. The summed E-state index contributed by atoms with van der Waals surface area (Å²) in [5.41, 5.74) is 6.11. The molecule has 29 heavy (non-hydrogen) atoms. The molecule has 0 aliphatic heterocycles. The summed E-state index contributed by atoms with van der Waals surface area (Å²) in [5.74, 6) is -0.266. The van der Waals surface area contributed by atoms with E-state index in [1.54, 1.807) is 18.2 Å². The number of rotatable bonds is 6. The molecule has 0 aliphatic rings.